The minimum atomic E-state index is -0.486. The molecule has 2 amide bonds. The zero-order chi connectivity index (χ0) is 16.5. The summed E-state index contributed by atoms with van der Waals surface area (Å²) in [6, 6.07) is 4.52. The highest BCUT2D eigenvalue weighted by atomic mass is 16.6. The standard InChI is InChI=1S/C17H16N2O4/c1-8-3-4-11(7-13(8)19(22)23)18-16(20)14-10-5-9(2)12(6-10)15(14)17(18)21/h3-5,7,10,12,14-15H,6H2,1-2H3/t10-,12+,14+,15+/m0/s1. The van der Waals surface area contributed by atoms with Gasteiger partial charge in [0.15, 0.2) is 0 Å². The maximum absolute atomic E-state index is 12.8. The van der Waals surface area contributed by atoms with Gasteiger partial charge in [-0.2, -0.15) is 0 Å². The third-order valence-electron chi connectivity index (χ3n) is 5.53. The first-order valence-electron chi connectivity index (χ1n) is 7.71. The Morgan fingerprint density at radius 3 is 2.57 bits per heavy atom. The van der Waals surface area contributed by atoms with E-state index in [1.165, 1.54) is 11.6 Å². The minimum Gasteiger partial charge on any atom is -0.274 e. The predicted molar refractivity (Wildman–Crippen MR) is 82.7 cm³/mol. The van der Waals surface area contributed by atoms with Crippen molar-refractivity contribution in [1.82, 2.24) is 0 Å². The number of fused-ring (bicyclic) bond motifs is 5. The van der Waals surface area contributed by atoms with E-state index in [0.717, 1.165) is 11.3 Å². The third-order valence-corrected chi connectivity index (χ3v) is 5.53. The second kappa shape index (κ2) is 4.50. The number of benzene rings is 1. The van der Waals surface area contributed by atoms with E-state index in [9.17, 15) is 19.7 Å². The number of nitro groups is 1. The number of hydrogen-bond acceptors (Lipinski definition) is 4. The van der Waals surface area contributed by atoms with Gasteiger partial charge in [0.25, 0.3) is 5.69 Å². The predicted octanol–water partition coefficient (Wildman–Crippen LogP) is 2.60. The van der Waals surface area contributed by atoms with Gasteiger partial charge in [0, 0.05) is 11.6 Å². The van der Waals surface area contributed by atoms with Crippen molar-refractivity contribution in [3.8, 4) is 0 Å². The zero-order valence-corrected chi connectivity index (χ0v) is 12.9. The molecule has 0 radical (unpaired) electrons. The van der Waals surface area contributed by atoms with E-state index in [0.29, 0.717) is 11.3 Å². The molecule has 118 valence electrons. The molecule has 2 fully saturated rings. The van der Waals surface area contributed by atoms with Crippen LogP contribution in [0.4, 0.5) is 11.4 Å². The number of hydrogen-bond donors (Lipinski definition) is 0. The monoisotopic (exact) mass is 312 g/mol. The average molecular weight is 312 g/mol. The molecule has 6 heteroatoms. The Kier molecular flexibility index (Phi) is 2.76. The Morgan fingerprint density at radius 1 is 1.17 bits per heavy atom. The van der Waals surface area contributed by atoms with Gasteiger partial charge >= 0.3 is 0 Å². The van der Waals surface area contributed by atoms with Gasteiger partial charge in [0.1, 0.15) is 0 Å². The van der Waals surface area contributed by atoms with E-state index in [4.69, 9.17) is 0 Å². The number of rotatable bonds is 2. The van der Waals surface area contributed by atoms with Gasteiger partial charge in [0.05, 0.1) is 22.4 Å². The van der Waals surface area contributed by atoms with E-state index in [1.54, 1.807) is 19.1 Å². The van der Waals surface area contributed by atoms with Crippen LogP contribution in [0, 0.1) is 40.7 Å². The molecule has 4 rings (SSSR count). The molecule has 1 aromatic carbocycles. The second-order valence-electron chi connectivity index (χ2n) is 6.71. The summed E-state index contributed by atoms with van der Waals surface area (Å²) in [6.07, 6.45) is 2.98. The molecule has 1 saturated carbocycles. The van der Waals surface area contributed by atoms with Gasteiger partial charge in [-0.15, -0.1) is 0 Å². The molecule has 3 aliphatic rings. The van der Waals surface area contributed by atoms with Gasteiger partial charge in [-0.25, -0.2) is 4.90 Å². The molecule has 23 heavy (non-hydrogen) atoms. The molecule has 2 aliphatic carbocycles. The fourth-order valence-corrected chi connectivity index (χ4v) is 4.46. The number of aryl methyl sites for hydroxylation is 1. The summed E-state index contributed by atoms with van der Waals surface area (Å²) in [7, 11) is 0. The van der Waals surface area contributed by atoms with Crippen LogP contribution in [0.2, 0.25) is 0 Å². The zero-order valence-electron chi connectivity index (χ0n) is 12.9. The lowest BCUT2D eigenvalue weighted by Crippen LogP contribution is -2.33. The van der Waals surface area contributed by atoms with Gasteiger partial charge in [-0.3, -0.25) is 19.7 Å². The first kappa shape index (κ1) is 14.1. The molecule has 0 aromatic heterocycles. The Hall–Kier alpha value is -2.50. The molecule has 1 aliphatic heterocycles. The Bertz CT molecular complexity index is 798. The van der Waals surface area contributed by atoms with Crippen molar-refractivity contribution in [3.63, 3.8) is 0 Å². The summed E-state index contributed by atoms with van der Waals surface area (Å²) in [5.41, 5.74) is 1.94. The number of nitro benzene ring substituents is 1. The summed E-state index contributed by atoms with van der Waals surface area (Å²) in [4.78, 5) is 37.4. The number of anilines is 1. The molecule has 0 unspecified atom stereocenters. The van der Waals surface area contributed by atoms with E-state index >= 15 is 0 Å². The largest absolute Gasteiger partial charge is 0.274 e. The lowest BCUT2D eigenvalue weighted by Gasteiger charge is -2.19. The first-order valence-corrected chi connectivity index (χ1v) is 7.71. The fraction of sp³-hybridized carbons (Fsp3) is 0.412. The molecule has 6 nitrogen and oxygen atoms in total. The molecule has 1 aromatic rings. The smallest absolute Gasteiger partial charge is 0.274 e. The Balaban J connectivity index is 1.75. The molecular weight excluding hydrogens is 296 g/mol. The summed E-state index contributed by atoms with van der Waals surface area (Å²) in [5.74, 6) is -0.735. The van der Waals surface area contributed by atoms with Crippen molar-refractivity contribution in [2.75, 3.05) is 4.90 Å². The van der Waals surface area contributed by atoms with E-state index in [1.807, 2.05) is 6.92 Å². The molecule has 1 saturated heterocycles. The van der Waals surface area contributed by atoms with Crippen molar-refractivity contribution < 1.29 is 14.5 Å². The average Bonchev–Trinajstić information content (AvgIpc) is 3.11. The number of amides is 2. The SMILES string of the molecule is CC1=C[C@H]2C[C@H]1[C@H]1C(=O)N(c3ccc(C)c([N+](=O)[O-])c3)C(=O)[C@@H]12. The quantitative estimate of drug-likeness (QED) is 0.364. The van der Waals surface area contributed by atoms with Crippen LogP contribution < -0.4 is 4.90 Å². The summed E-state index contributed by atoms with van der Waals surface area (Å²) in [6.45, 7) is 3.65. The fourth-order valence-electron chi connectivity index (χ4n) is 4.46. The maximum atomic E-state index is 12.8. The lowest BCUT2D eigenvalue weighted by atomic mass is 9.82. The van der Waals surface area contributed by atoms with Crippen LogP contribution in [-0.4, -0.2) is 16.7 Å². The highest BCUT2D eigenvalue weighted by Gasteiger charge is 2.61. The molecule has 1 heterocycles. The van der Waals surface area contributed by atoms with Gasteiger partial charge in [0.2, 0.25) is 11.8 Å². The van der Waals surface area contributed by atoms with Crippen LogP contribution in [0.1, 0.15) is 18.9 Å². The van der Waals surface area contributed by atoms with Gasteiger partial charge in [-0.1, -0.05) is 17.7 Å². The maximum Gasteiger partial charge on any atom is 0.274 e. The highest BCUT2D eigenvalue weighted by molar-refractivity contribution is 6.23. The normalized spacial score (nSPS) is 31.6. The molecular formula is C17H16N2O4. The second-order valence-corrected chi connectivity index (χ2v) is 6.71. The van der Waals surface area contributed by atoms with Gasteiger partial charge < -0.3 is 0 Å². The molecule has 0 spiro atoms. The van der Waals surface area contributed by atoms with Gasteiger partial charge in [-0.05, 0) is 38.2 Å². The number of imide groups is 1. The van der Waals surface area contributed by atoms with Crippen LogP contribution in [0.25, 0.3) is 0 Å². The van der Waals surface area contributed by atoms with Crippen LogP contribution in [0.3, 0.4) is 0 Å². The van der Waals surface area contributed by atoms with E-state index in [-0.39, 0.29) is 41.2 Å². The minimum absolute atomic E-state index is 0.0718. The van der Waals surface area contributed by atoms with Crippen molar-refractivity contribution in [1.29, 1.82) is 0 Å². The Labute approximate surface area is 132 Å². The first-order chi connectivity index (χ1) is 10.9. The van der Waals surface area contributed by atoms with E-state index < -0.39 is 4.92 Å². The topological polar surface area (TPSA) is 80.5 Å². The van der Waals surface area contributed by atoms with Crippen LogP contribution in [0.5, 0.6) is 0 Å². The number of allylic oxidation sites excluding steroid dienone is 2. The number of carbonyl (C=O) groups is 2. The summed E-state index contributed by atoms with van der Waals surface area (Å²) in [5, 5.41) is 11.1. The molecule has 4 atom stereocenters. The third kappa shape index (κ3) is 1.75. The van der Waals surface area contributed by atoms with E-state index in [2.05, 4.69) is 6.08 Å². The van der Waals surface area contributed by atoms with Crippen molar-refractivity contribution in [2.45, 2.75) is 20.3 Å². The lowest BCUT2D eigenvalue weighted by molar-refractivity contribution is -0.385. The van der Waals surface area contributed by atoms with Crippen LogP contribution >= 0.6 is 0 Å². The number of nitrogens with zero attached hydrogens (tertiary/aromatic N) is 2. The van der Waals surface area contributed by atoms with Crippen molar-refractivity contribution >= 4 is 23.2 Å². The summed E-state index contributed by atoms with van der Waals surface area (Å²) < 4.78 is 0. The van der Waals surface area contributed by atoms with Crippen molar-refractivity contribution in [2.24, 2.45) is 23.7 Å². The molecule has 0 N–H and O–H groups in total. The summed E-state index contributed by atoms with van der Waals surface area (Å²) >= 11 is 0. The van der Waals surface area contributed by atoms with Crippen molar-refractivity contribution in [3.05, 3.63) is 45.5 Å². The Morgan fingerprint density at radius 2 is 1.87 bits per heavy atom. The van der Waals surface area contributed by atoms with Crippen LogP contribution in [0.15, 0.2) is 29.8 Å². The molecule has 2 bridgehead atoms. The van der Waals surface area contributed by atoms with Crippen LogP contribution in [-0.2, 0) is 9.59 Å². The highest BCUT2D eigenvalue weighted by Crippen LogP contribution is 2.56. The number of carbonyl (C=O) groups excluding carboxylic acids is 2.